The van der Waals surface area contributed by atoms with E-state index in [0.29, 0.717) is 0 Å². The Morgan fingerprint density at radius 2 is 1.69 bits per heavy atom. The Morgan fingerprint density at radius 1 is 0.750 bits per heavy atom. The number of aromatic nitrogens is 1. The Bertz CT molecular complexity index is 2310. The zero-order valence-corrected chi connectivity index (χ0v) is 30.1. The summed E-state index contributed by atoms with van der Waals surface area (Å²) >= 11 is 0. The van der Waals surface area contributed by atoms with Gasteiger partial charge in [-0.1, -0.05) is 78.9 Å². The van der Waals surface area contributed by atoms with Crippen LogP contribution in [0.2, 0.25) is 0 Å². The number of hydrogen-bond acceptors (Lipinski definition) is 2. The molecule has 1 aromatic heterocycles. The van der Waals surface area contributed by atoms with Gasteiger partial charge in [0.2, 0.25) is 0 Å². The Morgan fingerprint density at radius 3 is 2.62 bits per heavy atom. The second-order valence-corrected chi connectivity index (χ2v) is 16.1. The van der Waals surface area contributed by atoms with Crippen LogP contribution in [0, 0.1) is 5.92 Å². The van der Waals surface area contributed by atoms with Gasteiger partial charge < -0.3 is 14.0 Å². The van der Waals surface area contributed by atoms with Crippen molar-refractivity contribution in [2.75, 3.05) is 0 Å². The predicted octanol–water partition coefficient (Wildman–Crippen LogP) is 12.2. The molecule has 1 spiro atoms. The number of hydrogen-bond donors (Lipinski definition) is 0. The lowest BCUT2D eigenvalue weighted by atomic mass is 9.52. The number of benzene rings is 3. The molecule has 2 aliphatic heterocycles. The lowest BCUT2D eigenvalue weighted by Gasteiger charge is -2.57. The molecular formula is C49H47NO2. The molecule has 260 valence electrons. The third-order valence-electron chi connectivity index (χ3n) is 13.4. The number of para-hydroxylation sites is 2. The van der Waals surface area contributed by atoms with Crippen molar-refractivity contribution in [3.8, 4) is 11.4 Å². The first-order chi connectivity index (χ1) is 25.8. The molecule has 0 bridgehead atoms. The fourth-order valence-corrected chi connectivity index (χ4v) is 11.2. The van der Waals surface area contributed by atoms with E-state index in [2.05, 4.69) is 114 Å². The van der Waals surface area contributed by atoms with E-state index in [1.807, 2.05) is 0 Å². The average molecular weight is 682 g/mol. The van der Waals surface area contributed by atoms with Gasteiger partial charge >= 0.3 is 0 Å². The van der Waals surface area contributed by atoms with Crippen LogP contribution in [0.25, 0.3) is 33.8 Å². The second-order valence-electron chi connectivity index (χ2n) is 16.1. The first-order valence-electron chi connectivity index (χ1n) is 20.2. The number of allylic oxidation sites excluding steroid dienone is 8. The smallest absolute Gasteiger partial charge is 0.131 e. The summed E-state index contributed by atoms with van der Waals surface area (Å²) in [6.45, 7) is 0. The molecule has 4 unspecified atom stereocenters. The highest BCUT2D eigenvalue weighted by atomic mass is 16.5. The van der Waals surface area contributed by atoms with Gasteiger partial charge in [0.25, 0.3) is 0 Å². The van der Waals surface area contributed by atoms with E-state index in [4.69, 9.17) is 9.47 Å². The van der Waals surface area contributed by atoms with Gasteiger partial charge in [-0.05, 0) is 142 Å². The molecule has 5 aliphatic carbocycles. The van der Waals surface area contributed by atoms with Gasteiger partial charge in [-0.3, -0.25) is 0 Å². The lowest BCUT2D eigenvalue weighted by Crippen LogP contribution is -2.56. The van der Waals surface area contributed by atoms with Gasteiger partial charge in [0, 0.05) is 39.4 Å². The van der Waals surface area contributed by atoms with Crippen molar-refractivity contribution >= 4 is 28.1 Å². The topological polar surface area (TPSA) is 23.4 Å². The van der Waals surface area contributed by atoms with E-state index in [-0.39, 0.29) is 23.5 Å². The molecule has 52 heavy (non-hydrogen) atoms. The summed E-state index contributed by atoms with van der Waals surface area (Å²) in [5, 5.41) is 1.35. The lowest BCUT2D eigenvalue weighted by molar-refractivity contribution is -0.0767. The number of nitrogens with zero attached hydrogens (tertiary/aromatic N) is 1. The minimum Gasteiger partial charge on any atom is -0.457 e. The number of rotatable bonds is 3. The molecule has 4 atom stereocenters. The van der Waals surface area contributed by atoms with Crippen LogP contribution in [0.15, 0.2) is 120 Å². The first-order valence-corrected chi connectivity index (χ1v) is 20.2. The summed E-state index contributed by atoms with van der Waals surface area (Å²) in [6.07, 6.45) is 32.3. The van der Waals surface area contributed by atoms with Crippen molar-refractivity contribution in [3.63, 3.8) is 0 Å². The molecule has 3 heteroatoms. The summed E-state index contributed by atoms with van der Waals surface area (Å²) in [5.74, 6) is 2.37. The third kappa shape index (κ3) is 4.54. The predicted molar refractivity (Wildman–Crippen MR) is 213 cm³/mol. The van der Waals surface area contributed by atoms with Crippen molar-refractivity contribution in [2.45, 2.75) is 101 Å². The maximum Gasteiger partial charge on any atom is 0.131 e. The standard InChI is InChI=1S/C49H47NO2/c1-3-14-32(15-4-1)33-27-29-46-42(30-33)49(39-21-8-11-24-44(39)51-45-25-12-9-22-40(45)49)41-28-26-34(31-47(41)52-46)36-19-13-20-38-37-18-7-10-23-43(37)50(48(36)38)35-16-5-2-6-17-35/h2,5-8,13-14,16-22,27,29-31,39,44-45H,1,3-4,9-12,15,23-26,28H2. The van der Waals surface area contributed by atoms with Crippen LogP contribution >= 0.6 is 0 Å². The van der Waals surface area contributed by atoms with E-state index in [1.54, 1.807) is 0 Å². The molecule has 0 amide bonds. The first kappa shape index (κ1) is 31.0. The zero-order chi connectivity index (χ0) is 34.2. The van der Waals surface area contributed by atoms with Crippen LogP contribution in [-0.2, 0) is 16.6 Å². The normalized spacial score (nSPS) is 27.5. The zero-order valence-electron chi connectivity index (χ0n) is 30.1. The minimum atomic E-state index is -0.249. The van der Waals surface area contributed by atoms with Crippen LogP contribution < -0.4 is 4.74 Å². The fraction of sp³-hybridized carbons (Fsp3) is 0.347. The van der Waals surface area contributed by atoms with Crippen molar-refractivity contribution in [2.24, 2.45) is 5.92 Å². The summed E-state index contributed by atoms with van der Waals surface area (Å²) in [4.78, 5) is 0. The summed E-state index contributed by atoms with van der Waals surface area (Å²) in [5.41, 5.74) is 15.1. The highest BCUT2D eigenvalue weighted by molar-refractivity contribution is 6.00. The summed E-state index contributed by atoms with van der Waals surface area (Å²) in [7, 11) is 0. The third-order valence-corrected chi connectivity index (χ3v) is 13.4. The molecule has 11 rings (SSSR count). The Balaban J connectivity index is 1.15. The van der Waals surface area contributed by atoms with E-state index < -0.39 is 0 Å². The van der Waals surface area contributed by atoms with Crippen molar-refractivity contribution in [3.05, 3.63) is 148 Å². The van der Waals surface area contributed by atoms with Gasteiger partial charge in [-0.15, -0.1) is 0 Å². The number of ether oxygens (including phenoxy) is 2. The largest absolute Gasteiger partial charge is 0.457 e. The molecule has 0 radical (unpaired) electrons. The quantitative estimate of drug-likeness (QED) is 0.201. The Labute approximate surface area is 307 Å². The van der Waals surface area contributed by atoms with Gasteiger partial charge in [-0.25, -0.2) is 0 Å². The maximum atomic E-state index is 7.20. The molecule has 1 fully saturated rings. The van der Waals surface area contributed by atoms with Crippen LogP contribution in [0.4, 0.5) is 0 Å². The van der Waals surface area contributed by atoms with Crippen molar-refractivity contribution < 1.29 is 9.47 Å². The van der Waals surface area contributed by atoms with E-state index in [1.165, 1.54) is 98.9 Å². The average Bonchev–Trinajstić information content (AvgIpc) is 3.56. The molecule has 3 heterocycles. The molecule has 7 aliphatic rings. The van der Waals surface area contributed by atoms with E-state index in [0.717, 1.165) is 62.9 Å². The number of fused-ring (bicyclic) bond motifs is 10. The molecule has 0 saturated carbocycles. The van der Waals surface area contributed by atoms with Crippen LogP contribution in [0.5, 0.6) is 5.75 Å². The summed E-state index contributed by atoms with van der Waals surface area (Å²) in [6, 6.07) is 25.2. The van der Waals surface area contributed by atoms with Gasteiger partial charge in [0.1, 0.15) is 11.5 Å². The molecule has 3 aromatic carbocycles. The fourth-order valence-electron chi connectivity index (χ4n) is 11.2. The van der Waals surface area contributed by atoms with E-state index >= 15 is 0 Å². The molecular weight excluding hydrogens is 635 g/mol. The van der Waals surface area contributed by atoms with Gasteiger partial charge in [-0.2, -0.15) is 0 Å². The van der Waals surface area contributed by atoms with Gasteiger partial charge in [0.05, 0.1) is 23.1 Å². The molecule has 0 N–H and O–H groups in total. The monoisotopic (exact) mass is 681 g/mol. The minimum absolute atomic E-state index is 0.173. The molecule has 4 aromatic rings. The molecule has 1 saturated heterocycles. The highest BCUT2D eigenvalue weighted by Crippen LogP contribution is 2.63. The van der Waals surface area contributed by atoms with Crippen LogP contribution in [0.3, 0.4) is 0 Å². The van der Waals surface area contributed by atoms with Crippen molar-refractivity contribution in [1.29, 1.82) is 0 Å². The van der Waals surface area contributed by atoms with Crippen LogP contribution in [-0.4, -0.2) is 16.8 Å². The van der Waals surface area contributed by atoms with Crippen molar-refractivity contribution in [1.82, 2.24) is 4.57 Å². The second kappa shape index (κ2) is 12.2. The van der Waals surface area contributed by atoms with Crippen LogP contribution in [0.1, 0.15) is 105 Å². The van der Waals surface area contributed by atoms with Gasteiger partial charge in [0.15, 0.2) is 0 Å². The maximum absolute atomic E-state index is 7.20. The Kier molecular flexibility index (Phi) is 7.29. The highest BCUT2D eigenvalue weighted by Gasteiger charge is 2.59. The SMILES string of the molecule is C1=Cc2c(n(-c3ccccc3)c3c(C4=CC5=C(CC4)C4(C6=CCCCC6OC6CCC=CC64)c4cc(C6=CCCCC6)ccc4O5)cccc23)CC1. The molecule has 3 nitrogen and oxygen atoms in total. The van der Waals surface area contributed by atoms with E-state index in [9.17, 15) is 0 Å². The Hall–Kier alpha value is -4.60. The summed E-state index contributed by atoms with van der Waals surface area (Å²) < 4.78 is 16.8.